The topological polar surface area (TPSA) is 84.9 Å². The molecule has 76 valence electrons. The second-order valence-electron chi connectivity index (χ2n) is 2.78. The van der Waals surface area contributed by atoms with Crippen molar-refractivity contribution in [1.82, 2.24) is 15.0 Å². The van der Waals surface area contributed by atoms with E-state index >= 15 is 0 Å². The average molecular weight is 205 g/mol. The van der Waals surface area contributed by atoms with E-state index in [4.69, 9.17) is 0 Å². The van der Waals surface area contributed by atoms with Gasteiger partial charge in [0, 0.05) is 6.20 Å². The maximum absolute atomic E-state index is 11.4. The van der Waals surface area contributed by atoms with Gasteiger partial charge in [0.2, 0.25) is 0 Å². The molecular weight excluding hydrogens is 198 g/mol. The quantitative estimate of drug-likeness (QED) is 0.667. The minimum absolute atomic E-state index is 0.0427. The van der Waals surface area contributed by atoms with Crippen LogP contribution >= 0.6 is 0 Å². The zero-order valence-electron chi connectivity index (χ0n) is 7.85. The number of aromatic nitrogens is 3. The zero-order chi connectivity index (χ0) is 10.8. The van der Waals surface area contributed by atoms with E-state index in [-0.39, 0.29) is 16.8 Å². The highest BCUT2D eigenvalue weighted by atomic mass is 16.5. The number of aromatic amines is 1. The number of fused-ring (bicyclic) bond motifs is 1. The second-order valence-corrected chi connectivity index (χ2v) is 2.78. The number of H-pyrrole nitrogens is 1. The van der Waals surface area contributed by atoms with Crippen LogP contribution in [0.4, 0.5) is 0 Å². The normalized spacial score (nSPS) is 10.2. The molecule has 0 saturated carbocycles. The molecule has 0 unspecified atom stereocenters. The van der Waals surface area contributed by atoms with Crippen LogP contribution < -0.4 is 5.56 Å². The number of ether oxygens (including phenoxy) is 1. The number of rotatable bonds is 1. The summed E-state index contributed by atoms with van der Waals surface area (Å²) in [6, 6.07) is 1.49. The number of hydrogen-bond donors (Lipinski definition) is 1. The number of nitrogens with zero attached hydrogens (tertiary/aromatic N) is 2. The Labute approximate surface area is 83.9 Å². The Balaban J connectivity index is 2.83. The van der Waals surface area contributed by atoms with Crippen molar-refractivity contribution in [2.24, 2.45) is 0 Å². The van der Waals surface area contributed by atoms with Crippen molar-refractivity contribution in [3.8, 4) is 0 Å². The highest BCUT2D eigenvalue weighted by Gasteiger charge is 2.13. The van der Waals surface area contributed by atoms with E-state index in [2.05, 4.69) is 19.7 Å². The summed E-state index contributed by atoms with van der Waals surface area (Å²) in [6.45, 7) is 0. The van der Waals surface area contributed by atoms with E-state index < -0.39 is 5.97 Å². The number of carbonyl (C=O) groups excluding carboxylic acids is 1. The standard InChI is InChI=1S/C9H7N3O3/c1-15-9(14)7-6-5(2-3-10-7)8(13)12-4-11-6/h2-4H,1H3,(H,11,12,13). The van der Waals surface area contributed by atoms with Gasteiger partial charge in [-0.2, -0.15) is 0 Å². The van der Waals surface area contributed by atoms with Crippen LogP contribution in [0.25, 0.3) is 10.9 Å². The Morgan fingerprint density at radius 2 is 2.27 bits per heavy atom. The third-order valence-electron chi connectivity index (χ3n) is 1.94. The Bertz CT molecular complexity index is 576. The lowest BCUT2D eigenvalue weighted by atomic mass is 10.2. The number of methoxy groups -OCH3 is 1. The van der Waals surface area contributed by atoms with Gasteiger partial charge in [-0.05, 0) is 6.07 Å². The first-order valence-electron chi connectivity index (χ1n) is 4.14. The summed E-state index contributed by atoms with van der Waals surface area (Å²) < 4.78 is 4.53. The van der Waals surface area contributed by atoms with Crippen LogP contribution in [0.2, 0.25) is 0 Å². The van der Waals surface area contributed by atoms with E-state index in [1.54, 1.807) is 0 Å². The molecule has 0 aromatic carbocycles. The first-order chi connectivity index (χ1) is 7.24. The maximum Gasteiger partial charge on any atom is 0.358 e. The Hall–Kier alpha value is -2.24. The molecule has 0 saturated heterocycles. The molecule has 0 radical (unpaired) electrons. The molecule has 2 aromatic heterocycles. The minimum Gasteiger partial charge on any atom is -0.464 e. The zero-order valence-corrected chi connectivity index (χ0v) is 7.85. The van der Waals surface area contributed by atoms with Crippen molar-refractivity contribution in [2.45, 2.75) is 0 Å². The molecule has 2 heterocycles. The summed E-state index contributed by atoms with van der Waals surface area (Å²) in [4.78, 5) is 32.8. The van der Waals surface area contributed by atoms with Crippen LogP contribution in [0.1, 0.15) is 10.5 Å². The SMILES string of the molecule is COC(=O)c1nccc2c(=O)[nH]cnc12. The van der Waals surface area contributed by atoms with Crippen LogP contribution in [-0.2, 0) is 4.74 Å². The van der Waals surface area contributed by atoms with Gasteiger partial charge < -0.3 is 9.72 Å². The maximum atomic E-state index is 11.4. The highest BCUT2D eigenvalue weighted by molar-refractivity contribution is 6.00. The van der Waals surface area contributed by atoms with E-state index in [9.17, 15) is 9.59 Å². The van der Waals surface area contributed by atoms with Crippen LogP contribution in [-0.4, -0.2) is 28.0 Å². The lowest BCUT2D eigenvalue weighted by Crippen LogP contribution is -2.11. The first-order valence-corrected chi connectivity index (χ1v) is 4.14. The van der Waals surface area contributed by atoms with Gasteiger partial charge in [-0.25, -0.2) is 14.8 Å². The van der Waals surface area contributed by atoms with Gasteiger partial charge in [0.1, 0.15) is 5.52 Å². The molecule has 0 spiro atoms. The van der Waals surface area contributed by atoms with Crippen molar-refractivity contribution in [1.29, 1.82) is 0 Å². The van der Waals surface area contributed by atoms with Crippen LogP contribution in [0, 0.1) is 0 Å². The summed E-state index contributed by atoms with van der Waals surface area (Å²) in [5.74, 6) is -0.612. The number of esters is 1. The van der Waals surface area contributed by atoms with E-state index in [1.165, 1.54) is 25.7 Å². The number of pyridine rings is 1. The molecule has 6 nitrogen and oxygen atoms in total. The Kier molecular flexibility index (Phi) is 2.17. The third kappa shape index (κ3) is 1.45. The fraction of sp³-hybridized carbons (Fsp3) is 0.111. The molecule has 2 aromatic rings. The molecular formula is C9H7N3O3. The Morgan fingerprint density at radius 3 is 3.00 bits per heavy atom. The van der Waals surface area contributed by atoms with Crippen molar-refractivity contribution in [2.75, 3.05) is 7.11 Å². The van der Waals surface area contributed by atoms with Crippen molar-refractivity contribution in [3.63, 3.8) is 0 Å². The van der Waals surface area contributed by atoms with Crippen LogP contribution in [0.15, 0.2) is 23.4 Å². The lowest BCUT2D eigenvalue weighted by molar-refractivity contribution is 0.0596. The summed E-state index contributed by atoms with van der Waals surface area (Å²) in [5.41, 5.74) is -0.0262. The van der Waals surface area contributed by atoms with Gasteiger partial charge in [-0.1, -0.05) is 0 Å². The summed E-state index contributed by atoms with van der Waals surface area (Å²) in [5, 5.41) is 0.313. The van der Waals surface area contributed by atoms with Crippen LogP contribution in [0.5, 0.6) is 0 Å². The molecule has 0 aliphatic heterocycles. The van der Waals surface area contributed by atoms with Gasteiger partial charge in [-0.15, -0.1) is 0 Å². The molecule has 15 heavy (non-hydrogen) atoms. The summed E-state index contributed by atoms with van der Waals surface area (Å²) in [7, 11) is 1.25. The van der Waals surface area contributed by atoms with Crippen molar-refractivity contribution < 1.29 is 9.53 Å². The first kappa shape index (κ1) is 9.32. The van der Waals surface area contributed by atoms with E-state index in [0.717, 1.165) is 0 Å². The molecule has 6 heteroatoms. The Morgan fingerprint density at radius 1 is 1.47 bits per heavy atom. The monoisotopic (exact) mass is 205 g/mol. The minimum atomic E-state index is -0.612. The number of nitrogens with one attached hydrogen (secondary N) is 1. The molecule has 0 fully saturated rings. The third-order valence-corrected chi connectivity index (χ3v) is 1.94. The smallest absolute Gasteiger partial charge is 0.358 e. The lowest BCUT2D eigenvalue weighted by Gasteiger charge is -2.00. The molecule has 0 aliphatic rings. The molecule has 2 rings (SSSR count). The molecule has 0 aliphatic carbocycles. The predicted molar refractivity (Wildman–Crippen MR) is 51.5 cm³/mol. The van der Waals surface area contributed by atoms with Gasteiger partial charge in [0.05, 0.1) is 18.8 Å². The molecule has 0 bridgehead atoms. The average Bonchev–Trinajstić information content (AvgIpc) is 2.28. The number of carbonyl (C=O) groups is 1. The summed E-state index contributed by atoms with van der Waals surface area (Å²) >= 11 is 0. The molecule has 0 atom stereocenters. The largest absolute Gasteiger partial charge is 0.464 e. The second kappa shape index (κ2) is 3.49. The van der Waals surface area contributed by atoms with E-state index in [0.29, 0.717) is 5.39 Å². The van der Waals surface area contributed by atoms with Crippen LogP contribution in [0.3, 0.4) is 0 Å². The highest BCUT2D eigenvalue weighted by Crippen LogP contribution is 2.09. The van der Waals surface area contributed by atoms with E-state index in [1.807, 2.05) is 0 Å². The fourth-order valence-corrected chi connectivity index (χ4v) is 1.25. The molecule has 0 amide bonds. The predicted octanol–water partition coefficient (Wildman–Crippen LogP) is 0.105. The van der Waals surface area contributed by atoms with Crippen molar-refractivity contribution in [3.05, 3.63) is 34.6 Å². The van der Waals surface area contributed by atoms with Crippen molar-refractivity contribution >= 4 is 16.9 Å². The van der Waals surface area contributed by atoms with Gasteiger partial charge in [-0.3, -0.25) is 4.79 Å². The number of hydrogen-bond acceptors (Lipinski definition) is 5. The van der Waals surface area contributed by atoms with Gasteiger partial charge in [0.25, 0.3) is 5.56 Å². The molecule has 1 N–H and O–H groups in total. The fourth-order valence-electron chi connectivity index (χ4n) is 1.25. The van der Waals surface area contributed by atoms with Gasteiger partial charge in [0.15, 0.2) is 5.69 Å². The summed E-state index contributed by atoms with van der Waals surface area (Å²) in [6.07, 6.45) is 2.59. The van der Waals surface area contributed by atoms with Gasteiger partial charge >= 0.3 is 5.97 Å².